The Labute approximate surface area is 135 Å². The molecule has 1 heterocycles. The molecule has 0 saturated carbocycles. The van der Waals surface area contributed by atoms with Gasteiger partial charge in [-0.05, 0) is 0 Å². The Bertz CT molecular complexity index is 412. The first-order valence-electron chi connectivity index (χ1n) is 6.30. The molecule has 0 aromatic carbocycles. The van der Waals surface area contributed by atoms with E-state index in [2.05, 4.69) is 22.6 Å². The van der Waals surface area contributed by atoms with Crippen molar-refractivity contribution in [1.29, 1.82) is 0 Å². The number of halogens is 1. The predicted octanol–water partition coefficient (Wildman–Crippen LogP) is 3.02. The van der Waals surface area contributed by atoms with Gasteiger partial charge in [-0.1, -0.05) is 0 Å². The Hall–Kier alpha value is 0.645. The van der Waals surface area contributed by atoms with Gasteiger partial charge >= 0.3 is 136 Å². The Morgan fingerprint density at radius 1 is 1.58 bits per heavy atom. The van der Waals surface area contributed by atoms with Crippen LogP contribution in [0.4, 0.5) is 0 Å². The fourth-order valence-corrected chi connectivity index (χ4v) is 3.07. The van der Waals surface area contributed by atoms with Crippen molar-refractivity contribution in [2.75, 3.05) is 6.61 Å². The van der Waals surface area contributed by atoms with Gasteiger partial charge in [0, 0.05) is 0 Å². The predicted molar refractivity (Wildman–Crippen MR) is 91.8 cm³/mol. The molecule has 0 aromatic heterocycles. The number of rotatable bonds is 5. The van der Waals surface area contributed by atoms with Crippen LogP contribution in [-0.2, 0) is 26.0 Å². The number of ketones is 1. The van der Waals surface area contributed by atoms with E-state index in [4.69, 9.17) is 21.2 Å². The Balaban J connectivity index is 2.70. The van der Waals surface area contributed by atoms with Crippen LogP contribution in [0.5, 0.6) is 0 Å². The summed E-state index contributed by atoms with van der Waals surface area (Å²) in [6.07, 6.45) is 0.554. The molecule has 1 unspecified atom stereocenters. The van der Waals surface area contributed by atoms with Crippen LogP contribution in [-0.4, -0.2) is 31.4 Å². The van der Waals surface area contributed by atoms with Crippen LogP contribution in [0.3, 0.4) is 0 Å². The summed E-state index contributed by atoms with van der Waals surface area (Å²) in [4.78, 5) is 12.3. The second kappa shape index (κ2) is 8.83. The van der Waals surface area contributed by atoms with Crippen LogP contribution < -0.4 is 0 Å². The number of carbonyl (C=O) groups is 1. The molecule has 1 saturated heterocycles. The fourth-order valence-electron chi connectivity index (χ4n) is 2.33. The SMILES string of the molecule is C/C(=C\I)[C@@H]1O[C@H](CCOB=[PH]=S)[C@H](C)C(=O)[C@H]1C. The Morgan fingerprint density at radius 3 is 2.84 bits per heavy atom. The molecule has 7 heteroatoms. The Kier molecular flexibility index (Phi) is 8.22. The van der Waals surface area contributed by atoms with Gasteiger partial charge in [-0.2, -0.15) is 0 Å². The van der Waals surface area contributed by atoms with Gasteiger partial charge in [0.1, 0.15) is 0 Å². The third kappa shape index (κ3) is 4.85. The topological polar surface area (TPSA) is 35.5 Å². The summed E-state index contributed by atoms with van der Waals surface area (Å²) < 4.78 is 13.4. The van der Waals surface area contributed by atoms with Gasteiger partial charge in [0.2, 0.25) is 0 Å². The van der Waals surface area contributed by atoms with E-state index in [1.165, 1.54) is 0 Å². The summed E-state index contributed by atoms with van der Waals surface area (Å²) in [5.74, 6) is 0.148. The minimum absolute atomic E-state index is 0.0668. The van der Waals surface area contributed by atoms with Crippen molar-refractivity contribution in [1.82, 2.24) is 0 Å². The van der Waals surface area contributed by atoms with Gasteiger partial charge in [0.25, 0.3) is 0 Å². The van der Waals surface area contributed by atoms with Crippen molar-refractivity contribution in [3.8, 4) is 0 Å². The van der Waals surface area contributed by atoms with Crippen molar-refractivity contribution >= 4 is 53.8 Å². The molecule has 1 fully saturated rings. The van der Waals surface area contributed by atoms with Crippen LogP contribution in [0.25, 0.3) is 0 Å². The number of carbonyl (C=O) groups excluding carboxylic acids is 1. The standard InChI is InChI=1S/C12H19BIO3PS/c1-7(6-14)12-9(3)11(15)8(2)10(17-12)4-5-16-13-18-19/h6,8-10,12,18H,4-5H2,1-3H3/b7-6+/t8-,9+,10+,12-/m0/s1. The van der Waals surface area contributed by atoms with E-state index >= 15 is 0 Å². The van der Waals surface area contributed by atoms with Crippen molar-refractivity contribution in [2.24, 2.45) is 11.8 Å². The first-order chi connectivity index (χ1) is 9.02. The number of hydrogen-bond donors (Lipinski definition) is 0. The molecular weight excluding hydrogens is 393 g/mol. The van der Waals surface area contributed by atoms with E-state index in [9.17, 15) is 4.79 Å². The summed E-state index contributed by atoms with van der Waals surface area (Å²) in [6, 6.07) is 0. The van der Waals surface area contributed by atoms with E-state index < -0.39 is 0 Å². The summed E-state index contributed by atoms with van der Waals surface area (Å²) in [5.41, 5.74) is 1.11. The molecule has 0 aromatic rings. The molecule has 1 aliphatic rings. The third-order valence-corrected chi connectivity index (χ3v) is 5.04. The molecule has 1 aliphatic heterocycles. The molecular formula is C12H19BIO3PS. The first kappa shape index (κ1) is 17.7. The normalized spacial score (nSPS) is 32.4. The van der Waals surface area contributed by atoms with Crippen LogP contribution in [0, 0.1) is 11.8 Å². The van der Waals surface area contributed by atoms with Crippen molar-refractivity contribution in [2.45, 2.75) is 39.4 Å². The molecule has 1 rings (SSSR count). The summed E-state index contributed by atoms with van der Waals surface area (Å²) in [5, 5.41) is 0. The zero-order valence-electron chi connectivity index (χ0n) is 11.4. The second-order valence-corrected chi connectivity index (χ2v) is 6.62. The van der Waals surface area contributed by atoms with Crippen LogP contribution in [0.2, 0.25) is 0 Å². The monoisotopic (exact) mass is 412 g/mol. The molecule has 0 radical (unpaired) electrons. The molecule has 0 N–H and O–H groups in total. The van der Waals surface area contributed by atoms with E-state index in [0.29, 0.717) is 6.61 Å². The van der Waals surface area contributed by atoms with Crippen molar-refractivity contribution in [3.63, 3.8) is 0 Å². The van der Waals surface area contributed by atoms with Gasteiger partial charge in [-0.15, -0.1) is 0 Å². The molecule has 106 valence electrons. The van der Waals surface area contributed by atoms with Gasteiger partial charge in [-0.3, -0.25) is 0 Å². The molecule has 0 spiro atoms. The van der Waals surface area contributed by atoms with E-state index in [0.717, 1.165) is 12.0 Å². The van der Waals surface area contributed by atoms with E-state index in [-0.39, 0.29) is 36.7 Å². The van der Waals surface area contributed by atoms with Gasteiger partial charge in [0.15, 0.2) is 0 Å². The second-order valence-electron chi connectivity index (χ2n) is 4.82. The van der Waals surface area contributed by atoms with E-state index in [1.54, 1.807) is 6.82 Å². The van der Waals surface area contributed by atoms with Gasteiger partial charge in [0.05, 0.1) is 0 Å². The maximum absolute atomic E-state index is 12.3. The van der Waals surface area contributed by atoms with E-state index in [1.807, 2.05) is 24.9 Å². The Morgan fingerprint density at radius 2 is 2.26 bits per heavy atom. The van der Waals surface area contributed by atoms with Crippen molar-refractivity contribution in [3.05, 3.63) is 9.66 Å². The summed E-state index contributed by atoms with van der Waals surface area (Å²) >= 11 is 6.99. The zero-order valence-corrected chi connectivity index (χ0v) is 15.4. The van der Waals surface area contributed by atoms with Gasteiger partial charge < -0.3 is 0 Å². The number of ether oxygens (including phenoxy) is 1. The fraction of sp³-hybridized carbons (Fsp3) is 0.750. The summed E-state index contributed by atoms with van der Waals surface area (Å²) in [7, 11) is 0. The molecule has 0 aliphatic carbocycles. The van der Waals surface area contributed by atoms with Crippen molar-refractivity contribution < 1.29 is 14.2 Å². The first-order valence-corrected chi connectivity index (χ1v) is 9.75. The number of Topliss-reactive ketones (excluding diaryl/α,β-unsaturated/α-hetero) is 1. The molecule has 5 atom stereocenters. The van der Waals surface area contributed by atoms with Crippen LogP contribution in [0.15, 0.2) is 9.66 Å². The molecule has 19 heavy (non-hydrogen) atoms. The quantitative estimate of drug-likeness (QED) is 0.301. The maximum atomic E-state index is 12.3. The molecule has 0 bridgehead atoms. The average Bonchev–Trinajstić information content (AvgIpc) is 2.42. The van der Waals surface area contributed by atoms with Gasteiger partial charge in [-0.25, -0.2) is 0 Å². The average molecular weight is 412 g/mol. The zero-order chi connectivity index (χ0) is 14.4. The summed E-state index contributed by atoms with van der Waals surface area (Å²) in [6.45, 7) is 8.37. The van der Waals surface area contributed by atoms with Crippen LogP contribution in [0.1, 0.15) is 27.2 Å². The molecule has 3 nitrogen and oxygen atoms in total. The minimum atomic E-state index is -0.101. The van der Waals surface area contributed by atoms with Crippen LogP contribution >= 0.6 is 29.4 Å². The third-order valence-electron chi connectivity index (χ3n) is 3.50. The molecule has 0 amide bonds. The number of hydrogen-bond acceptors (Lipinski definition) is 4.